The van der Waals surface area contributed by atoms with Crippen LogP contribution in [-0.2, 0) is 4.74 Å². The third-order valence-corrected chi connectivity index (χ3v) is 6.26. The molecule has 4 rings (SSSR count). The van der Waals surface area contributed by atoms with Crippen LogP contribution in [-0.4, -0.2) is 65.9 Å². The number of likely N-dealkylation sites (tertiary alicyclic amines) is 1. The maximum atomic E-state index is 6.07. The molecule has 0 amide bonds. The number of morpholine rings is 1. The Bertz CT molecular complexity index is 754. The minimum absolute atomic E-state index is 0.139. The summed E-state index contributed by atoms with van der Waals surface area (Å²) < 4.78 is 11.4. The number of hydrogen-bond donors (Lipinski definition) is 0. The minimum Gasteiger partial charge on any atom is -0.419 e. The van der Waals surface area contributed by atoms with Crippen molar-refractivity contribution in [2.75, 3.05) is 45.9 Å². The fraction of sp³-hybridized carbons (Fsp3) is 0.619. The van der Waals surface area contributed by atoms with E-state index in [2.05, 4.69) is 26.9 Å². The fourth-order valence-electron chi connectivity index (χ4n) is 4.12. The third-order valence-electron chi connectivity index (χ3n) is 6.02. The van der Waals surface area contributed by atoms with Gasteiger partial charge in [-0.25, -0.2) is 0 Å². The van der Waals surface area contributed by atoms with Crippen molar-refractivity contribution in [2.45, 2.75) is 32.2 Å². The van der Waals surface area contributed by atoms with Gasteiger partial charge in [-0.2, -0.15) is 0 Å². The number of piperidine rings is 1. The Balaban J connectivity index is 1.27. The van der Waals surface area contributed by atoms with Crippen molar-refractivity contribution in [1.29, 1.82) is 0 Å². The van der Waals surface area contributed by atoms with Gasteiger partial charge >= 0.3 is 0 Å². The van der Waals surface area contributed by atoms with Crippen molar-refractivity contribution in [1.82, 2.24) is 20.0 Å². The first-order valence-corrected chi connectivity index (χ1v) is 10.7. The first kappa shape index (κ1) is 19.8. The highest BCUT2D eigenvalue weighted by molar-refractivity contribution is 6.30. The number of benzene rings is 1. The molecule has 152 valence electrons. The molecule has 1 atom stereocenters. The molecule has 1 aromatic heterocycles. The molecule has 2 fully saturated rings. The van der Waals surface area contributed by atoms with E-state index in [1.165, 1.54) is 25.8 Å². The number of hydrogen-bond acceptors (Lipinski definition) is 6. The first-order chi connectivity index (χ1) is 13.7. The van der Waals surface area contributed by atoms with E-state index in [1.54, 1.807) is 0 Å². The molecule has 0 spiro atoms. The molecule has 2 aliphatic rings. The molecule has 0 saturated carbocycles. The molecule has 0 aliphatic carbocycles. The largest absolute Gasteiger partial charge is 0.419 e. The topological polar surface area (TPSA) is 54.6 Å². The molecule has 2 aliphatic heterocycles. The second-order valence-corrected chi connectivity index (χ2v) is 8.29. The van der Waals surface area contributed by atoms with E-state index in [-0.39, 0.29) is 6.04 Å². The van der Waals surface area contributed by atoms with E-state index in [0.29, 0.717) is 16.8 Å². The standard InChI is InChI=1S/C21H29ClN4O2/c1-16(20-23-24-21(28-20)18-3-2-4-19(22)15-18)26-9-6-17(7-10-26)5-8-25-11-13-27-14-12-25/h2-4,15-17H,5-14H2,1H3. The van der Waals surface area contributed by atoms with Gasteiger partial charge < -0.3 is 9.15 Å². The summed E-state index contributed by atoms with van der Waals surface area (Å²) in [4.78, 5) is 4.99. The number of aromatic nitrogens is 2. The molecular formula is C21H29ClN4O2. The van der Waals surface area contributed by atoms with Crippen LogP contribution in [0.4, 0.5) is 0 Å². The minimum atomic E-state index is 0.139. The Morgan fingerprint density at radius 2 is 1.93 bits per heavy atom. The fourth-order valence-corrected chi connectivity index (χ4v) is 4.31. The molecule has 0 N–H and O–H groups in total. The van der Waals surface area contributed by atoms with E-state index >= 15 is 0 Å². The Labute approximate surface area is 171 Å². The number of rotatable bonds is 6. The van der Waals surface area contributed by atoms with Gasteiger partial charge in [-0.3, -0.25) is 9.80 Å². The smallest absolute Gasteiger partial charge is 0.247 e. The Kier molecular flexibility index (Phi) is 6.62. The summed E-state index contributed by atoms with van der Waals surface area (Å²) in [5.41, 5.74) is 0.861. The van der Waals surface area contributed by atoms with Crippen LogP contribution in [0.15, 0.2) is 28.7 Å². The molecule has 3 heterocycles. The van der Waals surface area contributed by atoms with Gasteiger partial charge in [-0.1, -0.05) is 17.7 Å². The van der Waals surface area contributed by atoms with Gasteiger partial charge in [0.2, 0.25) is 11.8 Å². The van der Waals surface area contributed by atoms with Crippen molar-refractivity contribution in [2.24, 2.45) is 5.92 Å². The lowest BCUT2D eigenvalue weighted by atomic mass is 9.92. The van der Waals surface area contributed by atoms with Crippen LogP contribution in [0, 0.1) is 5.92 Å². The van der Waals surface area contributed by atoms with E-state index in [4.69, 9.17) is 20.8 Å². The van der Waals surface area contributed by atoms with E-state index < -0.39 is 0 Å². The van der Waals surface area contributed by atoms with Crippen LogP contribution in [0.1, 0.15) is 38.1 Å². The molecule has 2 aromatic rings. The number of ether oxygens (including phenoxy) is 1. The van der Waals surface area contributed by atoms with E-state index in [1.807, 2.05) is 24.3 Å². The van der Waals surface area contributed by atoms with Crippen LogP contribution in [0.25, 0.3) is 11.5 Å². The van der Waals surface area contributed by atoms with Crippen molar-refractivity contribution in [3.8, 4) is 11.5 Å². The molecule has 1 aromatic carbocycles. The van der Waals surface area contributed by atoms with E-state index in [9.17, 15) is 0 Å². The lowest BCUT2D eigenvalue weighted by molar-refractivity contribution is 0.0326. The molecule has 2 saturated heterocycles. The van der Waals surface area contributed by atoms with Crippen molar-refractivity contribution >= 4 is 11.6 Å². The average Bonchev–Trinajstić information content (AvgIpc) is 3.23. The summed E-state index contributed by atoms with van der Waals surface area (Å²) in [5, 5.41) is 9.19. The van der Waals surface area contributed by atoms with Crippen molar-refractivity contribution in [3.05, 3.63) is 35.2 Å². The normalized spacial score (nSPS) is 21.1. The van der Waals surface area contributed by atoms with Gasteiger partial charge in [0.1, 0.15) is 0 Å². The lowest BCUT2D eigenvalue weighted by Gasteiger charge is -2.35. The summed E-state index contributed by atoms with van der Waals surface area (Å²) in [7, 11) is 0. The summed E-state index contributed by atoms with van der Waals surface area (Å²) in [6, 6.07) is 7.67. The van der Waals surface area contributed by atoms with Gasteiger partial charge in [0, 0.05) is 23.7 Å². The Morgan fingerprint density at radius 3 is 2.68 bits per heavy atom. The average molecular weight is 405 g/mol. The van der Waals surface area contributed by atoms with Gasteiger partial charge in [-0.15, -0.1) is 10.2 Å². The van der Waals surface area contributed by atoms with Crippen LogP contribution < -0.4 is 0 Å². The number of nitrogens with zero attached hydrogens (tertiary/aromatic N) is 4. The molecule has 0 radical (unpaired) electrons. The predicted molar refractivity (Wildman–Crippen MR) is 109 cm³/mol. The zero-order valence-corrected chi connectivity index (χ0v) is 17.3. The molecular weight excluding hydrogens is 376 g/mol. The molecule has 1 unspecified atom stereocenters. The van der Waals surface area contributed by atoms with Crippen molar-refractivity contribution in [3.63, 3.8) is 0 Å². The lowest BCUT2D eigenvalue weighted by Crippen LogP contribution is -2.39. The van der Waals surface area contributed by atoms with Gasteiger partial charge in [0.05, 0.1) is 19.3 Å². The maximum absolute atomic E-state index is 6.07. The monoisotopic (exact) mass is 404 g/mol. The second kappa shape index (κ2) is 9.35. The zero-order valence-electron chi connectivity index (χ0n) is 16.5. The predicted octanol–water partition coefficient (Wildman–Crippen LogP) is 3.89. The van der Waals surface area contributed by atoms with Crippen LogP contribution >= 0.6 is 11.6 Å². The summed E-state index contributed by atoms with van der Waals surface area (Å²) in [5.74, 6) is 2.03. The first-order valence-electron chi connectivity index (χ1n) is 10.3. The molecule has 7 heteroatoms. The summed E-state index contributed by atoms with van der Waals surface area (Å²) in [6.45, 7) is 9.48. The SMILES string of the molecule is CC(c1nnc(-c2cccc(Cl)c2)o1)N1CCC(CCN2CCOCC2)CC1. The van der Waals surface area contributed by atoms with Crippen LogP contribution in [0.2, 0.25) is 5.02 Å². The van der Waals surface area contributed by atoms with Gasteiger partial charge in [-0.05, 0) is 69.9 Å². The highest BCUT2D eigenvalue weighted by Crippen LogP contribution is 2.29. The van der Waals surface area contributed by atoms with E-state index in [0.717, 1.165) is 50.9 Å². The van der Waals surface area contributed by atoms with Gasteiger partial charge in [0.15, 0.2) is 0 Å². The Morgan fingerprint density at radius 1 is 1.14 bits per heavy atom. The highest BCUT2D eigenvalue weighted by Gasteiger charge is 2.27. The molecule has 6 nitrogen and oxygen atoms in total. The summed E-state index contributed by atoms with van der Waals surface area (Å²) in [6.07, 6.45) is 3.77. The third kappa shape index (κ3) is 4.92. The molecule has 28 heavy (non-hydrogen) atoms. The highest BCUT2D eigenvalue weighted by atomic mass is 35.5. The second-order valence-electron chi connectivity index (χ2n) is 7.85. The zero-order chi connectivity index (χ0) is 19.3. The van der Waals surface area contributed by atoms with Crippen LogP contribution in [0.3, 0.4) is 0 Å². The Hall–Kier alpha value is -1.47. The van der Waals surface area contributed by atoms with Crippen molar-refractivity contribution < 1.29 is 9.15 Å². The maximum Gasteiger partial charge on any atom is 0.247 e. The van der Waals surface area contributed by atoms with Gasteiger partial charge in [0.25, 0.3) is 0 Å². The quantitative estimate of drug-likeness (QED) is 0.728. The molecule has 0 bridgehead atoms. The number of halogens is 1. The summed E-state index contributed by atoms with van der Waals surface area (Å²) >= 11 is 6.07. The van der Waals surface area contributed by atoms with Crippen LogP contribution in [0.5, 0.6) is 0 Å².